The average Bonchev–Trinajstić information content (AvgIpc) is 2.33. The lowest BCUT2D eigenvalue weighted by molar-refractivity contribution is 1.11. The van der Waals surface area contributed by atoms with E-state index in [1.807, 2.05) is 0 Å². The first kappa shape index (κ1) is 17.7. The molecule has 0 aromatic heterocycles. The number of allylic oxidation sites excluding steroid dienone is 1. The van der Waals surface area contributed by atoms with Crippen LogP contribution in [-0.4, -0.2) is 0 Å². The molecule has 13 heavy (non-hydrogen) atoms. The summed E-state index contributed by atoms with van der Waals surface area (Å²) in [5.74, 6) is 0. The fourth-order valence-corrected chi connectivity index (χ4v) is 1.20. The number of hydrogen-bond donors (Lipinski definition) is 0. The lowest BCUT2D eigenvalue weighted by Crippen LogP contribution is -1.76. The van der Waals surface area contributed by atoms with E-state index in [0.29, 0.717) is 0 Å². The predicted molar refractivity (Wildman–Crippen MR) is 49.2 cm³/mol. The Kier molecular flexibility index (Phi) is 9.98. The summed E-state index contributed by atoms with van der Waals surface area (Å²) < 4.78 is 0. The van der Waals surface area contributed by atoms with Crippen molar-refractivity contribution in [2.75, 3.05) is 0 Å². The molecule has 0 aliphatic heterocycles. The molecule has 2 rings (SSSR count). The molecule has 0 atom stereocenters. The monoisotopic (exact) mass is 196 g/mol. The van der Waals surface area contributed by atoms with Gasteiger partial charge in [-0.25, -0.2) is 0 Å². The topological polar surface area (TPSA) is 0 Å². The molecule has 0 fully saturated rings. The van der Waals surface area contributed by atoms with Crippen LogP contribution >= 0.6 is 0 Å². The van der Waals surface area contributed by atoms with E-state index in [-0.39, 0.29) is 18.8 Å². The maximum Gasteiger partial charge on any atom is -0.00882 e. The number of fused-ring (bicyclic) bond motifs is 1. The smallest absolute Gasteiger partial charge is 0.00882 e. The first-order chi connectivity index (χ1) is 4.47. The van der Waals surface area contributed by atoms with E-state index < -0.39 is 0 Å². The summed E-state index contributed by atoms with van der Waals surface area (Å²) in [5, 5.41) is 0. The maximum absolute atomic E-state index is 2.20. The lowest BCUT2D eigenvalue weighted by atomic mass is 10.1. The average molecular weight is 196 g/mol. The molecular formula is C9H12F4. The third kappa shape index (κ3) is 3.27. The van der Waals surface area contributed by atoms with E-state index in [2.05, 4.69) is 36.4 Å². The Hall–Kier alpha value is -1.32. The summed E-state index contributed by atoms with van der Waals surface area (Å²) in [6.45, 7) is 0. The molecule has 1 aromatic rings. The minimum absolute atomic E-state index is 0. The van der Waals surface area contributed by atoms with Gasteiger partial charge in [0.2, 0.25) is 0 Å². The van der Waals surface area contributed by atoms with Gasteiger partial charge in [0.15, 0.2) is 0 Å². The zero-order valence-corrected chi connectivity index (χ0v) is 6.80. The summed E-state index contributed by atoms with van der Waals surface area (Å²) >= 11 is 0. The van der Waals surface area contributed by atoms with Gasteiger partial charge in [0.1, 0.15) is 0 Å². The number of benzene rings is 1. The molecule has 4 heteroatoms. The van der Waals surface area contributed by atoms with Crippen LogP contribution in [-0.2, 0) is 6.42 Å². The quantitative estimate of drug-likeness (QED) is 0.560. The highest BCUT2D eigenvalue weighted by Gasteiger charge is 2.00. The fraction of sp³-hybridized carbons (Fsp3) is 0.111. The van der Waals surface area contributed by atoms with Crippen molar-refractivity contribution in [3.8, 4) is 0 Å². The van der Waals surface area contributed by atoms with Crippen molar-refractivity contribution in [3.05, 3.63) is 41.5 Å². The number of halogens is 4. The molecule has 0 heterocycles. The standard InChI is InChI=1S/C9H8.4FH/c1-2-5-9-7-3-6-8(9)4-1;;;;/h1-6H,7H2;4*1H. The summed E-state index contributed by atoms with van der Waals surface area (Å²) in [7, 11) is 0. The van der Waals surface area contributed by atoms with E-state index in [1.54, 1.807) is 0 Å². The minimum Gasteiger partial charge on any atom is -0.269 e. The highest BCUT2D eigenvalue weighted by atomic mass is 19.0. The molecular weight excluding hydrogens is 184 g/mol. The van der Waals surface area contributed by atoms with Crippen LogP contribution in [0, 0.1) is 0 Å². The fourth-order valence-electron chi connectivity index (χ4n) is 1.20. The Labute approximate surface area is 73.7 Å². The van der Waals surface area contributed by atoms with Gasteiger partial charge in [-0.05, 0) is 17.5 Å². The largest absolute Gasteiger partial charge is 0.269 e. The van der Waals surface area contributed by atoms with Gasteiger partial charge >= 0.3 is 0 Å². The van der Waals surface area contributed by atoms with Crippen molar-refractivity contribution in [1.82, 2.24) is 0 Å². The van der Waals surface area contributed by atoms with Crippen LogP contribution in [0.4, 0.5) is 18.8 Å². The van der Waals surface area contributed by atoms with E-state index in [0.717, 1.165) is 6.42 Å². The molecule has 0 amide bonds. The molecule has 0 N–H and O–H groups in total. The Bertz CT molecular complexity index is 258. The number of hydrogen-bond acceptors (Lipinski definition) is 0. The van der Waals surface area contributed by atoms with E-state index in [4.69, 9.17) is 0 Å². The Morgan fingerprint density at radius 2 is 1.46 bits per heavy atom. The molecule has 0 saturated carbocycles. The van der Waals surface area contributed by atoms with Gasteiger partial charge in [-0.15, -0.1) is 0 Å². The van der Waals surface area contributed by atoms with Gasteiger partial charge < -0.3 is 0 Å². The van der Waals surface area contributed by atoms with Crippen molar-refractivity contribution < 1.29 is 18.8 Å². The van der Waals surface area contributed by atoms with Crippen LogP contribution < -0.4 is 0 Å². The van der Waals surface area contributed by atoms with Gasteiger partial charge in [-0.1, -0.05) is 36.4 Å². The second-order valence-corrected chi connectivity index (χ2v) is 2.31. The van der Waals surface area contributed by atoms with Crippen LogP contribution in [0.15, 0.2) is 30.3 Å². The van der Waals surface area contributed by atoms with Crippen molar-refractivity contribution in [2.24, 2.45) is 0 Å². The normalized spacial score (nSPS) is 9.54. The third-order valence-corrected chi connectivity index (χ3v) is 1.69. The van der Waals surface area contributed by atoms with Crippen molar-refractivity contribution in [1.29, 1.82) is 0 Å². The molecule has 0 saturated heterocycles. The van der Waals surface area contributed by atoms with Crippen molar-refractivity contribution >= 4 is 6.08 Å². The van der Waals surface area contributed by atoms with Gasteiger partial charge in [0, 0.05) is 0 Å². The van der Waals surface area contributed by atoms with E-state index >= 15 is 0 Å². The van der Waals surface area contributed by atoms with Crippen LogP contribution in [0.25, 0.3) is 6.08 Å². The van der Waals surface area contributed by atoms with Crippen LogP contribution in [0.5, 0.6) is 0 Å². The molecule has 0 nitrogen and oxygen atoms in total. The van der Waals surface area contributed by atoms with E-state index in [9.17, 15) is 0 Å². The maximum atomic E-state index is 2.20. The second-order valence-electron chi connectivity index (χ2n) is 2.31. The Balaban J connectivity index is -0.000000250. The highest BCUT2D eigenvalue weighted by Crippen LogP contribution is 2.17. The van der Waals surface area contributed by atoms with Crippen molar-refractivity contribution in [2.45, 2.75) is 6.42 Å². The third-order valence-electron chi connectivity index (χ3n) is 1.69. The predicted octanol–water partition coefficient (Wildman–Crippen LogP) is 2.87. The molecule has 0 spiro atoms. The minimum atomic E-state index is 0. The molecule has 0 radical (unpaired) electrons. The van der Waals surface area contributed by atoms with Gasteiger partial charge in [-0.2, -0.15) is 0 Å². The van der Waals surface area contributed by atoms with Crippen LogP contribution in [0.2, 0.25) is 0 Å². The SMILES string of the molecule is C1=Cc2ccccc2C1.F.F.F.F. The summed E-state index contributed by atoms with van der Waals surface area (Å²) in [5.41, 5.74) is 2.84. The first-order valence-electron chi connectivity index (χ1n) is 3.21. The van der Waals surface area contributed by atoms with Gasteiger partial charge in [0.05, 0.1) is 0 Å². The van der Waals surface area contributed by atoms with Crippen LogP contribution in [0.1, 0.15) is 11.1 Å². The van der Waals surface area contributed by atoms with Gasteiger partial charge in [0.25, 0.3) is 0 Å². The lowest BCUT2D eigenvalue weighted by Gasteiger charge is -1.93. The second kappa shape index (κ2) is 7.34. The molecule has 0 bridgehead atoms. The Morgan fingerprint density at radius 3 is 2.08 bits per heavy atom. The molecule has 0 unspecified atom stereocenters. The van der Waals surface area contributed by atoms with Crippen molar-refractivity contribution in [3.63, 3.8) is 0 Å². The number of rotatable bonds is 0. The van der Waals surface area contributed by atoms with E-state index in [1.165, 1.54) is 11.1 Å². The van der Waals surface area contributed by atoms with Gasteiger partial charge in [-0.3, -0.25) is 18.8 Å². The molecule has 1 aliphatic carbocycles. The molecule has 1 aliphatic rings. The highest BCUT2D eigenvalue weighted by molar-refractivity contribution is 5.59. The summed E-state index contributed by atoms with van der Waals surface area (Å²) in [6.07, 6.45) is 5.50. The summed E-state index contributed by atoms with van der Waals surface area (Å²) in [6, 6.07) is 8.49. The Morgan fingerprint density at radius 1 is 0.846 bits per heavy atom. The van der Waals surface area contributed by atoms with Crippen LogP contribution in [0.3, 0.4) is 0 Å². The summed E-state index contributed by atoms with van der Waals surface area (Å²) in [4.78, 5) is 0. The zero-order chi connectivity index (χ0) is 6.10. The zero-order valence-electron chi connectivity index (χ0n) is 6.80. The first-order valence-corrected chi connectivity index (χ1v) is 3.21. The molecule has 76 valence electrons. The molecule has 1 aromatic carbocycles.